The van der Waals surface area contributed by atoms with Gasteiger partial charge in [0.1, 0.15) is 0 Å². The molecule has 0 fully saturated rings. The van der Waals surface area contributed by atoms with E-state index in [9.17, 15) is 22.8 Å². The zero-order valence-electron chi connectivity index (χ0n) is 9.75. The zero-order valence-corrected chi connectivity index (χ0v) is 9.75. The number of esters is 1. The molecule has 0 saturated carbocycles. The molecule has 0 N–H and O–H groups in total. The normalized spacial score (nSPS) is 10.7. The lowest BCUT2D eigenvalue weighted by Gasteiger charge is -2.13. The first-order chi connectivity index (χ1) is 8.85. The second-order valence-corrected chi connectivity index (χ2v) is 3.53. The fraction of sp³-hybridized carbons (Fsp3) is 0.250. The van der Waals surface area contributed by atoms with Crippen molar-refractivity contribution < 1.29 is 27.5 Å². The molecule has 0 radical (unpaired) electrons. The van der Waals surface area contributed by atoms with Gasteiger partial charge in [-0.05, 0) is 17.7 Å². The van der Waals surface area contributed by atoms with Crippen LogP contribution >= 0.6 is 0 Å². The summed E-state index contributed by atoms with van der Waals surface area (Å²) in [5.41, 5.74) is -2.34. The third kappa shape index (κ3) is 3.10. The maximum Gasteiger partial charge on any atom is 0.417 e. The van der Waals surface area contributed by atoms with Crippen molar-refractivity contribution in [2.45, 2.75) is 12.6 Å². The molecule has 100 valence electrons. The second-order valence-electron chi connectivity index (χ2n) is 3.53. The predicted molar refractivity (Wildman–Crippen MR) is 57.3 cm³/mol. The highest BCUT2D eigenvalue weighted by Crippen LogP contribution is 2.34. The Morgan fingerprint density at radius 1 is 1.47 bits per heavy atom. The first-order valence-corrected chi connectivity index (χ1v) is 5.00. The lowest BCUT2D eigenvalue weighted by molar-refractivity contribution is -0.140. The summed E-state index contributed by atoms with van der Waals surface area (Å²) in [5.74, 6) is -0.834. The van der Waals surface area contributed by atoms with E-state index < -0.39 is 29.7 Å². The molecule has 1 aromatic carbocycles. The van der Waals surface area contributed by atoms with Gasteiger partial charge in [0.05, 0.1) is 30.7 Å². The summed E-state index contributed by atoms with van der Waals surface area (Å²) in [7, 11) is 1.06. The molecule has 7 heteroatoms. The number of rotatable bonds is 3. The van der Waals surface area contributed by atoms with Gasteiger partial charge >= 0.3 is 12.1 Å². The highest BCUT2D eigenvalue weighted by molar-refractivity contribution is 5.85. The van der Waals surface area contributed by atoms with Crippen LogP contribution in [-0.2, 0) is 22.1 Å². The molecule has 0 aliphatic rings. The van der Waals surface area contributed by atoms with Crippen LogP contribution in [0, 0.1) is 11.3 Å². The van der Waals surface area contributed by atoms with Crippen LogP contribution < -0.4 is 0 Å². The average molecular weight is 271 g/mol. The van der Waals surface area contributed by atoms with Gasteiger partial charge in [-0.25, -0.2) is 0 Å². The highest BCUT2D eigenvalue weighted by atomic mass is 19.4. The minimum Gasteiger partial charge on any atom is -0.469 e. The molecular weight excluding hydrogens is 263 g/mol. The van der Waals surface area contributed by atoms with Gasteiger partial charge < -0.3 is 4.74 Å². The number of ether oxygens (including phenoxy) is 1. The average Bonchev–Trinajstić information content (AvgIpc) is 2.36. The van der Waals surface area contributed by atoms with Crippen LogP contribution in [0.15, 0.2) is 12.1 Å². The van der Waals surface area contributed by atoms with Crippen LogP contribution in [0.2, 0.25) is 0 Å². The lowest BCUT2D eigenvalue weighted by Crippen LogP contribution is -2.15. The summed E-state index contributed by atoms with van der Waals surface area (Å²) in [6, 6.07) is 3.21. The minimum atomic E-state index is -4.74. The molecule has 0 aliphatic carbocycles. The van der Waals surface area contributed by atoms with Gasteiger partial charge in [-0.1, -0.05) is 0 Å². The molecule has 1 rings (SSSR count). The highest BCUT2D eigenvalue weighted by Gasteiger charge is 2.35. The van der Waals surface area contributed by atoms with Crippen molar-refractivity contribution in [2.24, 2.45) is 0 Å². The number of aldehydes is 1. The monoisotopic (exact) mass is 271 g/mol. The van der Waals surface area contributed by atoms with Crippen molar-refractivity contribution in [1.82, 2.24) is 0 Å². The van der Waals surface area contributed by atoms with Gasteiger partial charge in [-0.2, -0.15) is 18.4 Å². The van der Waals surface area contributed by atoms with Crippen molar-refractivity contribution in [3.8, 4) is 6.07 Å². The van der Waals surface area contributed by atoms with Gasteiger partial charge in [0.15, 0.2) is 6.29 Å². The van der Waals surface area contributed by atoms with Gasteiger partial charge in [-0.3, -0.25) is 9.59 Å². The maximum absolute atomic E-state index is 12.7. The molecule has 0 spiro atoms. The van der Waals surface area contributed by atoms with E-state index in [-0.39, 0.29) is 17.4 Å². The topological polar surface area (TPSA) is 67.2 Å². The number of hydrogen-bond donors (Lipinski definition) is 0. The molecule has 0 amide bonds. The Kier molecular flexibility index (Phi) is 4.27. The summed E-state index contributed by atoms with van der Waals surface area (Å²) >= 11 is 0. The van der Waals surface area contributed by atoms with E-state index in [4.69, 9.17) is 5.26 Å². The van der Waals surface area contributed by atoms with Crippen molar-refractivity contribution >= 4 is 12.3 Å². The minimum absolute atomic E-state index is 0.0120. The van der Waals surface area contributed by atoms with Gasteiger partial charge in [0.2, 0.25) is 0 Å². The van der Waals surface area contributed by atoms with E-state index >= 15 is 0 Å². The Balaban J connectivity index is 3.52. The fourth-order valence-electron chi connectivity index (χ4n) is 1.56. The first kappa shape index (κ1) is 14.7. The molecule has 0 aliphatic heterocycles. The number of carbonyl (C=O) groups excluding carboxylic acids is 2. The summed E-state index contributed by atoms with van der Waals surface area (Å²) in [6.07, 6.45) is -5.32. The number of nitrogens with zero attached hydrogens (tertiary/aromatic N) is 1. The largest absolute Gasteiger partial charge is 0.469 e. The quantitative estimate of drug-likeness (QED) is 0.623. The number of benzene rings is 1. The van der Waals surface area contributed by atoms with Gasteiger partial charge in [0, 0.05) is 5.56 Å². The summed E-state index contributed by atoms with van der Waals surface area (Å²) in [5, 5.41) is 8.82. The third-order valence-corrected chi connectivity index (χ3v) is 2.45. The Labute approximate surface area is 106 Å². The third-order valence-electron chi connectivity index (χ3n) is 2.45. The molecule has 0 saturated heterocycles. The zero-order chi connectivity index (χ0) is 14.6. The summed E-state index contributed by atoms with van der Waals surface area (Å²) < 4.78 is 42.5. The van der Waals surface area contributed by atoms with Gasteiger partial charge in [-0.15, -0.1) is 0 Å². The van der Waals surface area contributed by atoms with Crippen molar-refractivity contribution in [3.05, 3.63) is 34.4 Å². The van der Waals surface area contributed by atoms with Crippen LogP contribution in [0.25, 0.3) is 0 Å². The van der Waals surface area contributed by atoms with Crippen LogP contribution in [0.5, 0.6) is 0 Å². The standard InChI is InChI=1S/C12H8F3NO3/c1-19-11(18)4-8-7(5-16)2-3-10(9(8)6-17)12(13,14)15/h2-3,6H,4H2,1H3. The van der Waals surface area contributed by atoms with E-state index in [0.717, 1.165) is 13.2 Å². The van der Waals surface area contributed by atoms with E-state index in [1.54, 1.807) is 6.07 Å². The van der Waals surface area contributed by atoms with Crippen molar-refractivity contribution in [2.75, 3.05) is 7.11 Å². The second kappa shape index (κ2) is 5.52. The molecule has 19 heavy (non-hydrogen) atoms. The number of methoxy groups -OCH3 is 1. The number of hydrogen-bond acceptors (Lipinski definition) is 4. The van der Waals surface area contributed by atoms with Crippen LogP contribution in [0.1, 0.15) is 27.0 Å². The molecule has 0 bridgehead atoms. The number of alkyl halides is 3. The SMILES string of the molecule is COC(=O)Cc1c(C#N)ccc(C(F)(F)F)c1C=O. The smallest absolute Gasteiger partial charge is 0.417 e. The molecule has 1 aromatic rings. The van der Waals surface area contributed by atoms with Crippen molar-refractivity contribution in [3.63, 3.8) is 0 Å². The van der Waals surface area contributed by atoms with Crippen LogP contribution in [0.4, 0.5) is 13.2 Å². The molecule has 4 nitrogen and oxygen atoms in total. The van der Waals surface area contributed by atoms with Crippen molar-refractivity contribution in [1.29, 1.82) is 5.26 Å². The number of carbonyl (C=O) groups is 2. The molecule has 0 heterocycles. The Bertz CT molecular complexity index is 559. The molecule has 0 atom stereocenters. The summed E-state index contributed by atoms with van der Waals surface area (Å²) in [4.78, 5) is 22.0. The maximum atomic E-state index is 12.7. The molecular formula is C12H8F3NO3. The van der Waals surface area contributed by atoms with Crippen LogP contribution in [-0.4, -0.2) is 19.4 Å². The Morgan fingerprint density at radius 3 is 2.53 bits per heavy atom. The van der Waals surface area contributed by atoms with Crippen LogP contribution in [0.3, 0.4) is 0 Å². The predicted octanol–water partition coefficient (Wildman–Crippen LogP) is 2.11. The number of nitriles is 1. The van der Waals surface area contributed by atoms with Gasteiger partial charge in [0.25, 0.3) is 0 Å². The Hall–Kier alpha value is -2.36. The van der Waals surface area contributed by atoms with E-state index in [0.29, 0.717) is 6.07 Å². The molecule has 0 unspecified atom stereocenters. The molecule has 0 aromatic heterocycles. The lowest BCUT2D eigenvalue weighted by atomic mass is 9.94. The van der Waals surface area contributed by atoms with E-state index in [1.165, 1.54) is 0 Å². The van der Waals surface area contributed by atoms with E-state index in [2.05, 4.69) is 4.74 Å². The Morgan fingerprint density at radius 2 is 2.11 bits per heavy atom. The number of halogens is 3. The summed E-state index contributed by atoms with van der Waals surface area (Å²) in [6.45, 7) is 0. The first-order valence-electron chi connectivity index (χ1n) is 5.00. The van der Waals surface area contributed by atoms with E-state index in [1.807, 2.05) is 0 Å². The fourth-order valence-corrected chi connectivity index (χ4v) is 1.56.